The van der Waals surface area contributed by atoms with Gasteiger partial charge in [-0.15, -0.1) is 0 Å². The Balaban J connectivity index is 2.33. The first-order valence-corrected chi connectivity index (χ1v) is 7.23. The van der Waals surface area contributed by atoms with E-state index in [1.807, 2.05) is 0 Å². The number of hydrogen-bond acceptors (Lipinski definition) is 6. The average Bonchev–Trinajstić information content (AvgIpc) is 3.00. The Morgan fingerprint density at radius 2 is 1.96 bits per heavy atom. The van der Waals surface area contributed by atoms with Gasteiger partial charge in [-0.25, -0.2) is 14.8 Å². The number of ether oxygens (including phenoxy) is 3. The number of nitrogens with zero attached hydrogens (tertiary/aromatic N) is 3. The summed E-state index contributed by atoms with van der Waals surface area (Å²) in [6.45, 7) is 1.98. The third kappa shape index (κ3) is 2.43. The molecule has 0 saturated heterocycles. The van der Waals surface area contributed by atoms with Crippen LogP contribution in [0.25, 0.3) is 16.6 Å². The summed E-state index contributed by atoms with van der Waals surface area (Å²) >= 11 is 6.24. The molecule has 0 aliphatic rings. The Morgan fingerprint density at radius 1 is 1.26 bits per heavy atom. The molecule has 0 aliphatic heterocycles. The molecule has 0 fully saturated rings. The van der Waals surface area contributed by atoms with Crippen LogP contribution < -0.4 is 9.47 Å². The molecule has 0 saturated carbocycles. The third-order valence-electron chi connectivity index (χ3n) is 3.39. The number of hydrogen-bond donors (Lipinski definition) is 0. The highest BCUT2D eigenvalue weighted by Gasteiger charge is 2.20. The van der Waals surface area contributed by atoms with Crippen LogP contribution in [-0.2, 0) is 4.74 Å². The van der Waals surface area contributed by atoms with Crippen molar-refractivity contribution >= 4 is 34.1 Å². The third-order valence-corrected chi connectivity index (χ3v) is 3.65. The van der Waals surface area contributed by atoms with Crippen LogP contribution in [0.5, 0.6) is 11.5 Å². The van der Waals surface area contributed by atoms with Crippen molar-refractivity contribution in [3.05, 3.63) is 29.3 Å². The first-order valence-electron chi connectivity index (χ1n) is 6.86. The Hall–Kier alpha value is -2.54. The lowest BCUT2D eigenvalue weighted by molar-refractivity contribution is 0.0522. The van der Waals surface area contributed by atoms with E-state index >= 15 is 0 Å². The molecule has 8 heteroatoms. The van der Waals surface area contributed by atoms with Gasteiger partial charge in [0, 0.05) is 12.1 Å². The van der Waals surface area contributed by atoms with Crippen LogP contribution in [0.2, 0.25) is 5.15 Å². The second-order valence-corrected chi connectivity index (χ2v) is 4.99. The van der Waals surface area contributed by atoms with Crippen molar-refractivity contribution in [1.82, 2.24) is 14.4 Å². The number of aromatic nitrogens is 3. The zero-order valence-corrected chi connectivity index (χ0v) is 13.5. The van der Waals surface area contributed by atoms with Crippen LogP contribution in [0, 0.1) is 0 Å². The van der Waals surface area contributed by atoms with E-state index in [9.17, 15) is 4.79 Å². The normalized spacial score (nSPS) is 11.0. The van der Waals surface area contributed by atoms with Gasteiger partial charge >= 0.3 is 5.97 Å². The molecule has 1 aromatic carbocycles. The molecular formula is C15H14ClN3O4. The van der Waals surface area contributed by atoms with Crippen molar-refractivity contribution in [3.8, 4) is 11.5 Å². The van der Waals surface area contributed by atoms with Gasteiger partial charge in [0.1, 0.15) is 11.8 Å². The van der Waals surface area contributed by atoms with Gasteiger partial charge in [-0.2, -0.15) is 0 Å². The van der Waals surface area contributed by atoms with Crippen molar-refractivity contribution in [1.29, 1.82) is 0 Å². The molecule has 0 bridgehead atoms. The molecule has 120 valence electrons. The number of carbonyl (C=O) groups excluding carboxylic acids is 1. The van der Waals surface area contributed by atoms with E-state index in [4.69, 9.17) is 25.8 Å². The van der Waals surface area contributed by atoms with E-state index < -0.39 is 5.97 Å². The van der Waals surface area contributed by atoms with Crippen LogP contribution in [-0.4, -0.2) is 41.2 Å². The maximum atomic E-state index is 12.0. The van der Waals surface area contributed by atoms with Crippen LogP contribution in [0.1, 0.15) is 17.4 Å². The highest BCUT2D eigenvalue weighted by Crippen LogP contribution is 2.33. The zero-order valence-electron chi connectivity index (χ0n) is 12.8. The van der Waals surface area contributed by atoms with Crippen molar-refractivity contribution in [3.63, 3.8) is 0 Å². The lowest BCUT2D eigenvalue weighted by Crippen LogP contribution is -2.06. The molecule has 2 aromatic heterocycles. The first-order chi connectivity index (χ1) is 11.1. The van der Waals surface area contributed by atoms with E-state index in [0.717, 1.165) is 0 Å². The fraction of sp³-hybridized carbons (Fsp3) is 0.267. The van der Waals surface area contributed by atoms with E-state index in [-0.39, 0.29) is 17.5 Å². The quantitative estimate of drug-likeness (QED) is 0.682. The molecule has 0 aliphatic carbocycles. The van der Waals surface area contributed by atoms with Crippen LogP contribution in [0.3, 0.4) is 0 Å². The lowest BCUT2D eigenvalue weighted by Gasteiger charge is -2.10. The number of halogens is 1. The van der Waals surface area contributed by atoms with E-state index in [0.29, 0.717) is 28.0 Å². The molecule has 3 aromatic rings. The molecule has 23 heavy (non-hydrogen) atoms. The first kappa shape index (κ1) is 15.4. The average molecular weight is 336 g/mol. The minimum atomic E-state index is -0.543. The Labute approximate surface area is 136 Å². The van der Waals surface area contributed by atoms with Crippen LogP contribution in [0.15, 0.2) is 18.5 Å². The minimum Gasteiger partial charge on any atom is -0.493 e. The molecule has 3 rings (SSSR count). The van der Waals surface area contributed by atoms with Crippen LogP contribution in [0.4, 0.5) is 0 Å². The van der Waals surface area contributed by atoms with Crippen molar-refractivity contribution in [2.75, 3.05) is 20.8 Å². The largest absolute Gasteiger partial charge is 0.493 e. The van der Waals surface area contributed by atoms with Crippen LogP contribution >= 0.6 is 11.6 Å². The smallest absolute Gasteiger partial charge is 0.359 e. The zero-order chi connectivity index (χ0) is 16.6. The number of methoxy groups -OCH3 is 2. The topological polar surface area (TPSA) is 75.0 Å². The molecule has 7 nitrogen and oxygen atoms in total. The molecular weight excluding hydrogens is 322 g/mol. The molecule has 0 unspecified atom stereocenters. The van der Waals surface area contributed by atoms with E-state index in [2.05, 4.69) is 9.97 Å². The molecule has 0 amide bonds. The number of rotatable bonds is 4. The summed E-state index contributed by atoms with van der Waals surface area (Å²) in [5, 5.41) is 0.158. The molecule has 0 atom stereocenters. The SMILES string of the molecule is CCOC(=O)c1ncn2c1c(Cl)nc1cc(OC)c(OC)cc12. The lowest BCUT2D eigenvalue weighted by atomic mass is 10.2. The van der Waals surface area contributed by atoms with Gasteiger partial charge in [0.15, 0.2) is 22.3 Å². The minimum absolute atomic E-state index is 0.126. The highest BCUT2D eigenvalue weighted by molar-refractivity contribution is 6.34. The fourth-order valence-corrected chi connectivity index (χ4v) is 2.65. The summed E-state index contributed by atoms with van der Waals surface area (Å²) < 4.78 is 17.2. The van der Waals surface area contributed by atoms with Gasteiger partial charge in [-0.1, -0.05) is 11.6 Å². The highest BCUT2D eigenvalue weighted by atomic mass is 35.5. The second kappa shape index (κ2) is 5.92. The number of imidazole rings is 1. The summed E-state index contributed by atoms with van der Waals surface area (Å²) in [6.07, 6.45) is 1.50. The standard InChI is InChI=1S/C15H14ClN3O4/c1-4-23-15(20)12-13-14(16)18-8-5-10(21-2)11(22-3)6-9(8)19(13)7-17-12/h5-7H,4H2,1-3H3. The summed E-state index contributed by atoms with van der Waals surface area (Å²) in [4.78, 5) is 20.4. The van der Waals surface area contributed by atoms with Gasteiger partial charge in [-0.3, -0.25) is 4.40 Å². The summed E-state index contributed by atoms with van der Waals surface area (Å²) in [7, 11) is 3.09. The Morgan fingerprint density at radius 3 is 2.61 bits per heavy atom. The number of esters is 1. The molecule has 2 heterocycles. The molecule has 0 N–H and O–H groups in total. The van der Waals surface area contributed by atoms with Gasteiger partial charge in [-0.05, 0) is 6.92 Å². The maximum absolute atomic E-state index is 12.0. The summed E-state index contributed by atoms with van der Waals surface area (Å²) in [5.74, 6) is 0.531. The number of benzene rings is 1. The van der Waals surface area contributed by atoms with Crippen molar-refractivity contribution in [2.45, 2.75) is 6.92 Å². The number of fused-ring (bicyclic) bond motifs is 3. The van der Waals surface area contributed by atoms with Gasteiger partial charge in [0.2, 0.25) is 0 Å². The number of carbonyl (C=O) groups is 1. The van der Waals surface area contributed by atoms with Gasteiger partial charge in [0.25, 0.3) is 0 Å². The Bertz CT molecular complexity index is 907. The van der Waals surface area contributed by atoms with Crippen molar-refractivity contribution < 1.29 is 19.0 Å². The predicted octanol–water partition coefficient (Wildman–Crippen LogP) is 2.73. The predicted molar refractivity (Wildman–Crippen MR) is 84.6 cm³/mol. The summed E-state index contributed by atoms with van der Waals surface area (Å²) in [5.41, 5.74) is 1.80. The van der Waals surface area contributed by atoms with E-state index in [1.54, 1.807) is 37.7 Å². The van der Waals surface area contributed by atoms with Gasteiger partial charge in [0.05, 0.1) is 31.9 Å². The van der Waals surface area contributed by atoms with E-state index in [1.165, 1.54) is 6.33 Å². The summed E-state index contributed by atoms with van der Waals surface area (Å²) in [6, 6.07) is 3.46. The fourth-order valence-electron chi connectivity index (χ4n) is 2.38. The molecule has 0 spiro atoms. The Kier molecular flexibility index (Phi) is 3.96. The maximum Gasteiger partial charge on any atom is 0.359 e. The molecule has 0 radical (unpaired) electrons. The second-order valence-electron chi connectivity index (χ2n) is 4.63. The monoisotopic (exact) mass is 335 g/mol. The van der Waals surface area contributed by atoms with Crippen molar-refractivity contribution in [2.24, 2.45) is 0 Å². The van der Waals surface area contributed by atoms with Gasteiger partial charge < -0.3 is 14.2 Å².